The molecule has 0 radical (unpaired) electrons. The lowest BCUT2D eigenvalue weighted by Crippen LogP contribution is -2.27. The lowest BCUT2D eigenvalue weighted by atomic mass is 10.2. The van der Waals surface area contributed by atoms with E-state index in [2.05, 4.69) is 0 Å². The number of rotatable bonds is 6. The Balaban J connectivity index is 1.86. The highest BCUT2D eigenvalue weighted by atomic mass is 32.2. The van der Waals surface area contributed by atoms with E-state index in [4.69, 9.17) is 26.4 Å². The number of hydrogen-bond donors (Lipinski definition) is 0. The van der Waals surface area contributed by atoms with Gasteiger partial charge in [0.2, 0.25) is 0 Å². The molecule has 3 rings (SSSR count). The quantitative estimate of drug-likeness (QED) is 0.524. The summed E-state index contributed by atoms with van der Waals surface area (Å²) in [4.78, 5) is 15.0. The molecule has 1 aliphatic heterocycles. The first-order valence-corrected chi connectivity index (χ1v) is 9.52. The van der Waals surface area contributed by atoms with Crippen LogP contribution in [0.2, 0.25) is 0 Å². The maximum Gasteiger partial charge on any atom is 0.270 e. The van der Waals surface area contributed by atoms with Crippen LogP contribution in [0.3, 0.4) is 0 Å². The van der Waals surface area contributed by atoms with E-state index in [9.17, 15) is 4.79 Å². The van der Waals surface area contributed by atoms with Gasteiger partial charge in [-0.1, -0.05) is 30.0 Å². The van der Waals surface area contributed by atoms with Crippen molar-refractivity contribution in [3.63, 3.8) is 0 Å². The highest BCUT2D eigenvalue weighted by Crippen LogP contribution is 2.37. The zero-order chi connectivity index (χ0) is 19.4. The third-order valence-corrected chi connectivity index (χ3v) is 5.21. The van der Waals surface area contributed by atoms with Crippen LogP contribution in [0.1, 0.15) is 12.5 Å². The summed E-state index contributed by atoms with van der Waals surface area (Å²) in [6, 6.07) is 12.8. The number of thiocarbonyl (C=S) groups is 1. The summed E-state index contributed by atoms with van der Waals surface area (Å²) in [7, 11) is 3.16. The Bertz CT molecular complexity index is 893. The monoisotopic (exact) mass is 401 g/mol. The summed E-state index contributed by atoms with van der Waals surface area (Å²) in [5.74, 6) is 1.85. The molecule has 27 heavy (non-hydrogen) atoms. The summed E-state index contributed by atoms with van der Waals surface area (Å²) in [5.41, 5.74) is 1.55. The Morgan fingerprint density at radius 1 is 1.07 bits per heavy atom. The number of carbonyl (C=O) groups excluding carboxylic acids is 1. The molecule has 0 atom stereocenters. The second kappa shape index (κ2) is 8.45. The maximum atomic E-state index is 12.9. The van der Waals surface area contributed by atoms with E-state index in [1.807, 2.05) is 43.3 Å². The van der Waals surface area contributed by atoms with Crippen molar-refractivity contribution in [1.82, 2.24) is 0 Å². The number of benzene rings is 2. The zero-order valence-electron chi connectivity index (χ0n) is 15.2. The van der Waals surface area contributed by atoms with Crippen LogP contribution < -0.4 is 19.1 Å². The SMILES string of the molecule is CCOc1ccc(N2C(=O)C(=Cc3ccc(OC)c(OC)c3)SC2=S)cc1. The molecule has 1 saturated heterocycles. The molecule has 0 spiro atoms. The molecule has 7 heteroatoms. The molecule has 1 amide bonds. The number of nitrogens with zero attached hydrogens (tertiary/aromatic N) is 1. The minimum absolute atomic E-state index is 0.149. The maximum absolute atomic E-state index is 12.9. The van der Waals surface area contributed by atoms with Gasteiger partial charge in [-0.05, 0) is 55.0 Å². The van der Waals surface area contributed by atoms with E-state index in [0.717, 1.165) is 17.0 Å². The van der Waals surface area contributed by atoms with E-state index < -0.39 is 0 Å². The molecular formula is C20H19NO4S2. The van der Waals surface area contributed by atoms with Crippen LogP contribution in [-0.4, -0.2) is 31.1 Å². The zero-order valence-corrected chi connectivity index (χ0v) is 16.9. The fourth-order valence-corrected chi connectivity index (χ4v) is 3.94. The third kappa shape index (κ3) is 4.09. The van der Waals surface area contributed by atoms with Gasteiger partial charge < -0.3 is 14.2 Å². The van der Waals surface area contributed by atoms with Gasteiger partial charge >= 0.3 is 0 Å². The highest BCUT2D eigenvalue weighted by Gasteiger charge is 2.33. The van der Waals surface area contributed by atoms with Gasteiger partial charge in [0.15, 0.2) is 15.8 Å². The van der Waals surface area contributed by atoms with E-state index in [0.29, 0.717) is 27.3 Å². The lowest BCUT2D eigenvalue weighted by Gasteiger charge is -2.15. The summed E-state index contributed by atoms with van der Waals surface area (Å²) in [6.45, 7) is 2.52. The van der Waals surface area contributed by atoms with E-state index in [1.54, 1.807) is 26.4 Å². The van der Waals surface area contributed by atoms with Crippen LogP contribution in [0, 0.1) is 0 Å². The number of thioether (sulfide) groups is 1. The minimum atomic E-state index is -0.149. The van der Waals surface area contributed by atoms with Crippen LogP contribution in [0.25, 0.3) is 6.08 Å². The Morgan fingerprint density at radius 2 is 1.78 bits per heavy atom. The van der Waals surface area contributed by atoms with Crippen LogP contribution in [0.15, 0.2) is 47.4 Å². The molecule has 0 aliphatic carbocycles. The fraction of sp³-hybridized carbons (Fsp3) is 0.200. The predicted octanol–water partition coefficient (Wildman–Crippen LogP) is 4.51. The Labute approximate surface area is 167 Å². The van der Waals surface area contributed by atoms with Crippen LogP contribution in [0.5, 0.6) is 17.2 Å². The van der Waals surface area contributed by atoms with E-state index in [1.165, 1.54) is 16.7 Å². The highest BCUT2D eigenvalue weighted by molar-refractivity contribution is 8.27. The van der Waals surface area contributed by atoms with Gasteiger partial charge in [-0.25, -0.2) is 0 Å². The molecule has 0 bridgehead atoms. The molecule has 2 aromatic rings. The van der Waals surface area contributed by atoms with Crippen molar-refractivity contribution in [3.8, 4) is 17.2 Å². The Kier molecular flexibility index (Phi) is 6.03. The molecule has 1 aliphatic rings. The predicted molar refractivity (Wildman–Crippen MR) is 113 cm³/mol. The van der Waals surface area contributed by atoms with Gasteiger partial charge in [-0.3, -0.25) is 9.69 Å². The first-order chi connectivity index (χ1) is 13.1. The summed E-state index contributed by atoms with van der Waals surface area (Å²) in [6.07, 6.45) is 1.80. The number of amides is 1. The van der Waals surface area contributed by atoms with Gasteiger partial charge in [0.1, 0.15) is 5.75 Å². The van der Waals surface area contributed by atoms with Crippen LogP contribution in [0.4, 0.5) is 5.69 Å². The first kappa shape index (κ1) is 19.3. The molecule has 0 N–H and O–H groups in total. The number of hydrogen-bond acceptors (Lipinski definition) is 6. The summed E-state index contributed by atoms with van der Waals surface area (Å²) >= 11 is 6.69. The van der Waals surface area contributed by atoms with Crippen molar-refractivity contribution in [2.24, 2.45) is 0 Å². The third-order valence-electron chi connectivity index (χ3n) is 3.90. The van der Waals surface area contributed by atoms with Crippen molar-refractivity contribution < 1.29 is 19.0 Å². The summed E-state index contributed by atoms with van der Waals surface area (Å²) in [5, 5.41) is 0. The van der Waals surface area contributed by atoms with Crippen molar-refractivity contribution in [1.29, 1.82) is 0 Å². The van der Waals surface area contributed by atoms with E-state index >= 15 is 0 Å². The Morgan fingerprint density at radius 3 is 2.41 bits per heavy atom. The Hall–Kier alpha value is -2.51. The van der Waals surface area contributed by atoms with Crippen molar-refractivity contribution >= 4 is 46.0 Å². The molecule has 1 fully saturated rings. The smallest absolute Gasteiger partial charge is 0.270 e. The van der Waals surface area contributed by atoms with Gasteiger partial charge in [0.25, 0.3) is 5.91 Å². The lowest BCUT2D eigenvalue weighted by molar-refractivity contribution is -0.113. The van der Waals surface area contributed by atoms with Crippen molar-refractivity contribution in [2.75, 3.05) is 25.7 Å². The van der Waals surface area contributed by atoms with Gasteiger partial charge in [0, 0.05) is 0 Å². The fourth-order valence-electron chi connectivity index (χ4n) is 2.64. The summed E-state index contributed by atoms with van der Waals surface area (Å²) < 4.78 is 16.5. The minimum Gasteiger partial charge on any atom is -0.494 e. The first-order valence-electron chi connectivity index (χ1n) is 8.30. The molecule has 0 saturated carbocycles. The second-order valence-electron chi connectivity index (χ2n) is 5.56. The second-order valence-corrected chi connectivity index (χ2v) is 7.23. The van der Waals surface area contributed by atoms with Gasteiger partial charge in [0.05, 0.1) is 31.4 Å². The van der Waals surface area contributed by atoms with Crippen LogP contribution >= 0.6 is 24.0 Å². The molecular weight excluding hydrogens is 382 g/mol. The number of carbonyl (C=O) groups is 1. The van der Waals surface area contributed by atoms with Gasteiger partial charge in [-0.2, -0.15) is 0 Å². The van der Waals surface area contributed by atoms with Crippen molar-refractivity contribution in [2.45, 2.75) is 6.92 Å². The molecule has 140 valence electrons. The largest absolute Gasteiger partial charge is 0.494 e. The number of ether oxygens (including phenoxy) is 3. The van der Waals surface area contributed by atoms with Gasteiger partial charge in [-0.15, -0.1) is 0 Å². The standard InChI is InChI=1S/C20H19NO4S2/c1-4-25-15-8-6-14(7-9-15)21-19(22)18(27-20(21)26)12-13-5-10-16(23-2)17(11-13)24-3/h5-12H,4H2,1-3H3. The normalized spacial score (nSPS) is 15.4. The average Bonchev–Trinajstić information content (AvgIpc) is 2.96. The number of methoxy groups -OCH3 is 2. The number of anilines is 1. The average molecular weight is 402 g/mol. The molecule has 2 aromatic carbocycles. The molecule has 5 nitrogen and oxygen atoms in total. The van der Waals surface area contributed by atoms with E-state index in [-0.39, 0.29) is 5.91 Å². The molecule has 1 heterocycles. The molecule has 0 aromatic heterocycles. The topological polar surface area (TPSA) is 48.0 Å². The van der Waals surface area contributed by atoms with Crippen LogP contribution in [-0.2, 0) is 4.79 Å². The van der Waals surface area contributed by atoms with Crippen molar-refractivity contribution in [3.05, 3.63) is 52.9 Å². The molecule has 0 unspecified atom stereocenters.